The van der Waals surface area contributed by atoms with Crippen LogP contribution in [0.4, 0.5) is 0 Å². The first-order valence-electron chi connectivity index (χ1n) is 7.34. The van der Waals surface area contributed by atoms with Crippen molar-refractivity contribution >= 4 is 10.9 Å². The van der Waals surface area contributed by atoms with E-state index in [4.69, 9.17) is 4.98 Å². The van der Waals surface area contributed by atoms with Gasteiger partial charge in [0.15, 0.2) is 0 Å². The van der Waals surface area contributed by atoms with Crippen LogP contribution in [0.1, 0.15) is 42.1 Å². The lowest BCUT2D eigenvalue weighted by Crippen LogP contribution is -2.28. The van der Waals surface area contributed by atoms with Crippen molar-refractivity contribution in [3.05, 3.63) is 40.6 Å². The molecule has 1 aliphatic rings. The molecule has 0 amide bonds. The van der Waals surface area contributed by atoms with E-state index in [0.717, 1.165) is 41.7 Å². The maximum Gasteiger partial charge on any atom is 0.0709 e. The van der Waals surface area contributed by atoms with E-state index in [1.54, 1.807) is 0 Å². The van der Waals surface area contributed by atoms with Gasteiger partial charge in [0.2, 0.25) is 0 Å². The van der Waals surface area contributed by atoms with Gasteiger partial charge in [0, 0.05) is 30.6 Å². The van der Waals surface area contributed by atoms with Crippen LogP contribution in [0.2, 0.25) is 0 Å². The summed E-state index contributed by atoms with van der Waals surface area (Å²) in [5.74, 6) is 0.490. The number of aromatic nitrogens is 1. The predicted molar refractivity (Wildman–Crippen MR) is 81.8 cm³/mol. The third-order valence-corrected chi connectivity index (χ3v) is 4.30. The van der Waals surface area contributed by atoms with Crippen molar-refractivity contribution in [2.75, 3.05) is 13.6 Å². The Kier molecular flexibility index (Phi) is 3.48. The van der Waals surface area contributed by atoms with Crippen molar-refractivity contribution in [3.63, 3.8) is 0 Å². The monoisotopic (exact) mass is 270 g/mol. The summed E-state index contributed by atoms with van der Waals surface area (Å²) in [6.07, 6.45) is 0.973. The number of benzene rings is 1. The Balaban J connectivity index is 2.25. The van der Waals surface area contributed by atoms with E-state index in [1.807, 2.05) is 0 Å². The van der Waals surface area contributed by atoms with Crippen molar-refractivity contribution in [3.8, 4) is 0 Å². The minimum Gasteiger partial charge on any atom is -0.392 e. The van der Waals surface area contributed by atoms with Gasteiger partial charge in [0.05, 0.1) is 12.1 Å². The molecule has 0 radical (unpaired) electrons. The summed E-state index contributed by atoms with van der Waals surface area (Å²) in [7, 11) is 2.12. The number of hydrogen-bond acceptors (Lipinski definition) is 3. The van der Waals surface area contributed by atoms with E-state index in [0.29, 0.717) is 5.92 Å². The van der Waals surface area contributed by atoms with E-state index in [9.17, 15) is 5.11 Å². The Bertz CT molecular complexity index is 649. The first-order chi connectivity index (χ1) is 9.60. The molecule has 1 aliphatic heterocycles. The van der Waals surface area contributed by atoms with Crippen molar-refractivity contribution in [1.29, 1.82) is 0 Å². The lowest BCUT2D eigenvalue weighted by molar-refractivity contribution is 0.271. The molecule has 2 aromatic rings. The second kappa shape index (κ2) is 5.15. The summed E-state index contributed by atoms with van der Waals surface area (Å²) in [5.41, 5.74) is 5.78. The predicted octanol–water partition coefficient (Wildman–Crippen LogP) is 2.84. The van der Waals surface area contributed by atoms with Gasteiger partial charge < -0.3 is 10.0 Å². The molecule has 0 fully saturated rings. The van der Waals surface area contributed by atoms with Crippen LogP contribution < -0.4 is 0 Å². The summed E-state index contributed by atoms with van der Waals surface area (Å²) < 4.78 is 0. The molecule has 0 saturated carbocycles. The zero-order valence-electron chi connectivity index (χ0n) is 12.5. The Hall–Kier alpha value is -1.45. The number of aliphatic hydroxyl groups is 1. The summed E-state index contributed by atoms with van der Waals surface area (Å²) in [6.45, 7) is 6.41. The van der Waals surface area contributed by atoms with Crippen LogP contribution in [0.25, 0.3) is 10.9 Å². The summed E-state index contributed by atoms with van der Waals surface area (Å²) >= 11 is 0. The molecule has 3 rings (SSSR count). The lowest BCUT2D eigenvalue weighted by Gasteiger charge is -2.27. The van der Waals surface area contributed by atoms with Crippen LogP contribution in [-0.4, -0.2) is 28.6 Å². The maximum atomic E-state index is 9.86. The summed E-state index contributed by atoms with van der Waals surface area (Å²) in [4.78, 5) is 7.11. The zero-order chi connectivity index (χ0) is 14.3. The van der Waals surface area contributed by atoms with Gasteiger partial charge in [-0.2, -0.15) is 0 Å². The number of fused-ring (bicyclic) bond motifs is 2. The highest BCUT2D eigenvalue weighted by Gasteiger charge is 2.20. The van der Waals surface area contributed by atoms with E-state index in [1.165, 1.54) is 11.1 Å². The summed E-state index contributed by atoms with van der Waals surface area (Å²) in [5, 5.41) is 11.0. The molecule has 106 valence electrons. The van der Waals surface area contributed by atoms with Crippen molar-refractivity contribution < 1.29 is 5.11 Å². The fourth-order valence-electron chi connectivity index (χ4n) is 3.02. The molecule has 3 nitrogen and oxygen atoms in total. The van der Waals surface area contributed by atoms with Gasteiger partial charge in [-0.15, -0.1) is 0 Å². The third kappa shape index (κ3) is 2.21. The first-order valence-corrected chi connectivity index (χ1v) is 7.34. The van der Waals surface area contributed by atoms with Crippen molar-refractivity contribution in [2.24, 2.45) is 0 Å². The molecule has 1 aromatic heterocycles. The van der Waals surface area contributed by atoms with Crippen molar-refractivity contribution in [2.45, 2.75) is 39.3 Å². The molecule has 3 heteroatoms. The van der Waals surface area contributed by atoms with E-state index >= 15 is 0 Å². The number of nitrogens with zero attached hydrogens (tertiary/aromatic N) is 2. The Morgan fingerprint density at radius 1 is 1.35 bits per heavy atom. The van der Waals surface area contributed by atoms with Crippen LogP contribution in [0.15, 0.2) is 18.2 Å². The van der Waals surface area contributed by atoms with Crippen LogP contribution in [0.3, 0.4) is 0 Å². The Morgan fingerprint density at radius 2 is 2.15 bits per heavy atom. The molecule has 2 heterocycles. The van der Waals surface area contributed by atoms with E-state index in [-0.39, 0.29) is 6.61 Å². The molecule has 20 heavy (non-hydrogen) atoms. The quantitative estimate of drug-likeness (QED) is 0.911. The number of hydrogen-bond donors (Lipinski definition) is 1. The third-order valence-electron chi connectivity index (χ3n) is 4.30. The standard InChI is InChI=1S/C17H22N2O/c1-11(2)12-4-5-16-13(8-12)15(10-20)14-9-19(3)7-6-17(14)18-16/h4-5,8,11,20H,6-7,9-10H2,1-3H3. The van der Waals surface area contributed by atoms with Gasteiger partial charge in [0.1, 0.15) is 0 Å². The topological polar surface area (TPSA) is 36.4 Å². The fraction of sp³-hybridized carbons (Fsp3) is 0.471. The molecular formula is C17H22N2O. The first kappa shape index (κ1) is 13.5. The van der Waals surface area contributed by atoms with Gasteiger partial charge in [-0.1, -0.05) is 19.9 Å². The highest BCUT2D eigenvalue weighted by atomic mass is 16.3. The second-order valence-electron chi connectivity index (χ2n) is 6.09. The Labute approximate surface area is 120 Å². The molecule has 0 atom stereocenters. The molecule has 0 aliphatic carbocycles. The van der Waals surface area contributed by atoms with Gasteiger partial charge >= 0.3 is 0 Å². The highest BCUT2D eigenvalue weighted by Crippen LogP contribution is 2.29. The number of pyridine rings is 1. The highest BCUT2D eigenvalue weighted by molar-refractivity contribution is 5.84. The van der Waals surface area contributed by atoms with Gasteiger partial charge in [-0.3, -0.25) is 4.98 Å². The maximum absolute atomic E-state index is 9.86. The van der Waals surface area contributed by atoms with Crippen LogP contribution in [-0.2, 0) is 19.6 Å². The zero-order valence-corrected chi connectivity index (χ0v) is 12.5. The second-order valence-corrected chi connectivity index (χ2v) is 6.09. The van der Waals surface area contributed by atoms with Gasteiger partial charge in [0.25, 0.3) is 0 Å². The van der Waals surface area contributed by atoms with Crippen LogP contribution in [0, 0.1) is 0 Å². The lowest BCUT2D eigenvalue weighted by atomic mass is 9.93. The molecule has 1 aromatic carbocycles. The average Bonchev–Trinajstić information content (AvgIpc) is 2.44. The fourth-order valence-corrected chi connectivity index (χ4v) is 3.02. The number of rotatable bonds is 2. The molecule has 0 spiro atoms. The summed E-state index contributed by atoms with van der Waals surface area (Å²) in [6, 6.07) is 6.46. The van der Waals surface area contributed by atoms with Gasteiger partial charge in [-0.25, -0.2) is 0 Å². The van der Waals surface area contributed by atoms with E-state index in [2.05, 4.69) is 44.0 Å². The minimum atomic E-state index is 0.0940. The Morgan fingerprint density at radius 3 is 2.85 bits per heavy atom. The van der Waals surface area contributed by atoms with E-state index < -0.39 is 0 Å². The largest absolute Gasteiger partial charge is 0.392 e. The molecule has 1 N–H and O–H groups in total. The van der Waals surface area contributed by atoms with Gasteiger partial charge in [-0.05, 0) is 41.8 Å². The van der Waals surface area contributed by atoms with Crippen molar-refractivity contribution in [1.82, 2.24) is 9.88 Å². The molecule has 0 bridgehead atoms. The van der Waals surface area contributed by atoms with Crippen LogP contribution >= 0.6 is 0 Å². The molecular weight excluding hydrogens is 248 g/mol. The minimum absolute atomic E-state index is 0.0940. The number of aliphatic hydroxyl groups excluding tert-OH is 1. The normalized spacial score (nSPS) is 15.8. The average molecular weight is 270 g/mol. The SMILES string of the molecule is CC(C)c1ccc2nc3c(c(CO)c2c1)CN(C)CC3. The smallest absolute Gasteiger partial charge is 0.0709 e. The molecule has 0 unspecified atom stereocenters. The molecule has 0 saturated heterocycles. The van der Waals surface area contributed by atoms with Crippen LogP contribution in [0.5, 0.6) is 0 Å². The number of likely N-dealkylation sites (N-methyl/N-ethyl adjacent to an activating group) is 1.